The van der Waals surface area contributed by atoms with Gasteiger partial charge in [-0.1, -0.05) is 20.4 Å². The van der Waals surface area contributed by atoms with Gasteiger partial charge in [0.1, 0.15) is 22.9 Å². The van der Waals surface area contributed by atoms with E-state index in [1.54, 1.807) is 13.0 Å². The van der Waals surface area contributed by atoms with Crippen molar-refractivity contribution in [2.75, 3.05) is 0 Å². The topological polar surface area (TPSA) is 78.9 Å². The summed E-state index contributed by atoms with van der Waals surface area (Å²) in [7, 11) is 0. The molecule has 4 rings (SSSR count). The third kappa shape index (κ3) is 3.90. The molecule has 6 heteroatoms. The normalized spacial score (nSPS) is 12.8. The van der Waals surface area contributed by atoms with E-state index in [0.29, 0.717) is 41.8 Å². The van der Waals surface area contributed by atoms with Gasteiger partial charge in [0.15, 0.2) is 11.3 Å². The van der Waals surface area contributed by atoms with Gasteiger partial charge in [0.25, 0.3) is 0 Å². The van der Waals surface area contributed by atoms with E-state index in [9.17, 15) is 9.59 Å². The summed E-state index contributed by atoms with van der Waals surface area (Å²) in [6.07, 6.45) is 1.29. The lowest BCUT2D eigenvalue weighted by Gasteiger charge is -2.20. The summed E-state index contributed by atoms with van der Waals surface area (Å²) in [6.45, 7) is 9.20. The molecule has 1 unspecified atom stereocenters. The molecule has 0 aromatic carbocycles. The third-order valence-corrected chi connectivity index (χ3v) is 5.10. The number of furan rings is 4. The fourth-order valence-electron chi connectivity index (χ4n) is 3.55. The molecule has 1 atom stereocenters. The number of aryl methyl sites for hydroxylation is 1. The lowest BCUT2D eigenvalue weighted by Crippen LogP contribution is -2.16. The number of hydrogen-bond acceptors (Lipinski definition) is 6. The van der Waals surface area contributed by atoms with Gasteiger partial charge in [-0.15, -0.1) is 0 Å². The molecule has 0 amide bonds. The van der Waals surface area contributed by atoms with Gasteiger partial charge in [0.05, 0.1) is 0 Å². The fraction of sp³-hybridized carbons (Fsp3) is 0.333. The summed E-state index contributed by atoms with van der Waals surface area (Å²) in [6, 6.07) is 9.28. The summed E-state index contributed by atoms with van der Waals surface area (Å²) < 4.78 is 22.2. The minimum Gasteiger partial charge on any atom is -0.457 e. The largest absolute Gasteiger partial charge is 0.457 e. The average Bonchev–Trinajstić information content (AvgIpc) is 3.46. The number of hydrogen-bond donors (Lipinski definition) is 0. The minimum atomic E-state index is -0.481. The Morgan fingerprint density at radius 1 is 1.07 bits per heavy atom. The van der Waals surface area contributed by atoms with Crippen LogP contribution in [-0.4, -0.2) is 11.9 Å². The van der Waals surface area contributed by atoms with Gasteiger partial charge >= 0.3 is 11.9 Å². The first-order valence-electron chi connectivity index (χ1n) is 10.1. The molecule has 0 aliphatic carbocycles. The molecular weight excluding hydrogens is 384 g/mol. The van der Waals surface area contributed by atoms with Crippen molar-refractivity contribution in [3.63, 3.8) is 0 Å². The number of carbonyl (C=O) groups excluding carboxylic acids is 2. The zero-order valence-electron chi connectivity index (χ0n) is 17.3. The average molecular weight is 408 g/mol. The molecule has 0 saturated heterocycles. The number of benzene rings is 2. The van der Waals surface area contributed by atoms with E-state index in [2.05, 4.69) is 6.58 Å². The molecule has 0 aliphatic rings. The van der Waals surface area contributed by atoms with E-state index < -0.39 is 5.97 Å². The zero-order valence-corrected chi connectivity index (χ0v) is 17.3. The Morgan fingerprint density at radius 3 is 2.43 bits per heavy atom. The molecule has 30 heavy (non-hydrogen) atoms. The summed E-state index contributed by atoms with van der Waals surface area (Å²) in [5.74, 6) is -0.178. The molecular formula is C24H24O6. The molecule has 156 valence electrons. The quantitative estimate of drug-likeness (QED) is 0.198. The molecule has 4 bridgehead atoms. The molecule has 4 heterocycles. The van der Waals surface area contributed by atoms with Crippen molar-refractivity contribution < 1.29 is 27.9 Å². The number of fused-ring (bicyclic) bond motifs is 4. The first-order valence-corrected chi connectivity index (χ1v) is 10.1. The summed E-state index contributed by atoms with van der Waals surface area (Å²) in [4.78, 5) is 24.1. The maximum Gasteiger partial charge on any atom is 0.338 e. The summed E-state index contributed by atoms with van der Waals surface area (Å²) in [5, 5.41) is 0. The summed E-state index contributed by atoms with van der Waals surface area (Å²) in [5.41, 5.74) is 4.97. The fourth-order valence-corrected chi connectivity index (χ4v) is 3.55. The molecule has 4 aromatic heterocycles. The molecule has 0 fully saturated rings. The molecule has 0 spiro atoms. The van der Waals surface area contributed by atoms with Gasteiger partial charge in [-0.05, 0) is 55.5 Å². The monoisotopic (exact) mass is 408 g/mol. The Labute approximate surface area is 174 Å². The van der Waals surface area contributed by atoms with Crippen molar-refractivity contribution >= 4 is 34.3 Å². The van der Waals surface area contributed by atoms with Crippen molar-refractivity contribution in [1.29, 1.82) is 0 Å². The van der Waals surface area contributed by atoms with Gasteiger partial charge in [0.2, 0.25) is 0 Å². The van der Waals surface area contributed by atoms with Crippen LogP contribution in [0.15, 0.2) is 51.3 Å². The van der Waals surface area contributed by atoms with Crippen LogP contribution in [0.1, 0.15) is 50.8 Å². The van der Waals surface area contributed by atoms with E-state index in [4.69, 9.17) is 18.3 Å². The van der Waals surface area contributed by atoms with Crippen molar-refractivity contribution in [2.45, 2.75) is 46.1 Å². The predicted octanol–water partition coefficient (Wildman–Crippen LogP) is 5.80. The Kier molecular flexibility index (Phi) is 5.24. The van der Waals surface area contributed by atoms with Gasteiger partial charge < -0.3 is 18.3 Å². The van der Waals surface area contributed by atoms with Crippen molar-refractivity contribution in [3.8, 4) is 5.75 Å². The maximum absolute atomic E-state index is 12.4. The smallest absolute Gasteiger partial charge is 0.338 e. The van der Waals surface area contributed by atoms with E-state index in [0.717, 1.165) is 22.3 Å². The van der Waals surface area contributed by atoms with Crippen LogP contribution in [0.4, 0.5) is 0 Å². The lowest BCUT2D eigenvalue weighted by atomic mass is 9.99. The van der Waals surface area contributed by atoms with Crippen LogP contribution in [0.5, 0.6) is 5.75 Å². The highest BCUT2D eigenvalue weighted by Gasteiger charge is 2.25. The van der Waals surface area contributed by atoms with E-state index in [-0.39, 0.29) is 18.0 Å². The second-order valence-corrected chi connectivity index (χ2v) is 7.99. The van der Waals surface area contributed by atoms with E-state index in [1.165, 1.54) is 0 Å². The Hall–Kier alpha value is -3.28. The van der Waals surface area contributed by atoms with Crippen LogP contribution in [0, 0.1) is 5.92 Å². The summed E-state index contributed by atoms with van der Waals surface area (Å²) >= 11 is 0. The van der Waals surface area contributed by atoms with Crippen LogP contribution >= 0.6 is 0 Å². The van der Waals surface area contributed by atoms with Gasteiger partial charge in [-0.2, -0.15) is 0 Å². The number of carbonyl (C=O) groups is 2. The zero-order chi connectivity index (χ0) is 21.4. The highest BCUT2D eigenvalue weighted by atomic mass is 16.5. The maximum atomic E-state index is 12.4. The molecule has 0 saturated carbocycles. The molecule has 0 radical (unpaired) electrons. The van der Waals surface area contributed by atoms with Crippen molar-refractivity contribution in [2.24, 2.45) is 5.92 Å². The lowest BCUT2D eigenvalue weighted by molar-refractivity contribution is -0.151. The van der Waals surface area contributed by atoms with Crippen molar-refractivity contribution in [3.05, 3.63) is 53.6 Å². The molecule has 0 N–H and O–H groups in total. The first-order chi connectivity index (χ1) is 14.3. The Bertz CT molecular complexity index is 1180. The van der Waals surface area contributed by atoms with Crippen LogP contribution in [0.2, 0.25) is 0 Å². The predicted molar refractivity (Wildman–Crippen MR) is 112 cm³/mol. The SMILES string of the molecule is C=C(C)C(=O)Oc1cc2oc1cc2CCCC(=O)OC(c1cc2ccc1o2)C(C)C. The third-order valence-electron chi connectivity index (χ3n) is 5.10. The molecule has 6 nitrogen and oxygen atoms in total. The van der Waals surface area contributed by atoms with Crippen molar-refractivity contribution in [1.82, 2.24) is 0 Å². The minimum absolute atomic E-state index is 0.142. The van der Waals surface area contributed by atoms with Gasteiger partial charge in [0, 0.05) is 23.6 Å². The second-order valence-electron chi connectivity index (χ2n) is 7.99. The molecule has 4 aromatic rings. The van der Waals surface area contributed by atoms with Gasteiger partial charge in [-0.3, -0.25) is 4.79 Å². The van der Waals surface area contributed by atoms with Crippen LogP contribution < -0.4 is 4.74 Å². The van der Waals surface area contributed by atoms with E-state index in [1.807, 2.05) is 38.1 Å². The standard InChI is InChI=1S/C24H24O6/c1-13(2)23(17-11-16-8-9-18(17)27-16)30-22(25)7-5-6-15-10-20-21(12-19(15)28-20)29-24(26)14(3)4/h8-13,23H,3,5-7H2,1-2,4H3. The highest BCUT2D eigenvalue weighted by Crippen LogP contribution is 2.35. The number of rotatable bonds is 9. The second kappa shape index (κ2) is 7.86. The van der Waals surface area contributed by atoms with Gasteiger partial charge in [-0.25, -0.2) is 4.79 Å². The van der Waals surface area contributed by atoms with Crippen LogP contribution in [-0.2, 0) is 20.7 Å². The molecule has 0 aliphatic heterocycles. The first kappa shape index (κ1) is 20.0. The Balaban J connectivity index is 1.31. The highest BCUT2D eigenvalue weighted by molar-refractivity contribution is 5.90. The number of esters is 2. The van der Waals surface area contributed by atoms with E-state index >= 15 is 0 Å². The number of ether oxygens (including phenoxy) is 2. The van der Waals surface area contributed by atoms with Crippen LogP contribution in [0.25, 0.3) is 22.3 Å². The van der Waals surface area contributed by atoms with Crippen LogP contribution in [0.3, 0.4) is 0 Å². The Morgan fingerprint density at radius 2 is 1.87 bits per heavy atom.